The molecule has 0 bridgehead atoms. The lowest BCUT2D eigenvalue weighted by molar-refractivity contribution is 0.0342. The quantitative estimate of drug-likeness (QED) is 0.244. The van der Waals surface area contributed by atoms with Gasteiger partial charge in [0.1, 0.15) is 5.56 Å². The summed E-state index contributed by atoms with van der Waals surface area (Å²) < 4.78 is 7.48. The van der Waals surface area contributed by atoms with Crippen LogP contribution in [0.15, 0.2) is 82.6 Å². The average Bonchev–Trinajstić information content (AvgIpc) is 2.95. The summed E-state index contributed by atoms with van der Waals surface area (Å²) in [4.78, 5) is 30.4. The lowest BCUT2D eigenvalue weighted by Crippen LogP contribution is -2.35. The number of pyridine rings is 1. The van der Waals surface area contributed by atoms with Crippen molar-refractivity contribution in [1.82, 2.24) is 14.8 Å². The minimum Gasteiger partial charge on any atom is -0.379 e. The zero-order valence-corrected chi connectivity index (χ0v) is 23.9. The van der Waals surface area contributed by atoms with Crippen LogP contribution >= 0.6 is 35.0 Å². The molecule has 1 fully saturated rings. The summed E-state index contributed by atoms with van der Waals surface area (Å²) in [6.07, 6.45) is 1.68. The third-order valence-corrected chi connectivity index (χ3v) is 8.35. The number of carbonyl (C=O) groups excluding carboxylic acids is 1. The normalized spacial score (nSPS) is 14.8. The van der Waals surface area contributed by atoms with Crippen LogP contribution in [0.2, 0.25) is 10.0 Å². The largest absolute Gasteiger partial charge is 0.379 e. The molecule has 4 aromatic rings. The van der Waals surface area contributed by atoms with Gasteiger partial charge in [0.05, 0.1) is 24.1 Å². The van der Waals surface area contributed by atoms with Crippen molar-refractivity contribution in [2.45, 2.75) is 30.3 Å². The number of carbonyl (C=O) groups is 1. The summed E-state index contributed by atoms with van der Waals surface area (Å²) in [5.74, 6) is -0.409. The van der Waals surface area contributed by atoms with Gasteiger partial charge in [0.25, 0.3) is 5.91 Å². The number of amides is 1. The number of ether oxygens (including phenoxy) is 1. The van der Waals surface area contributed by atoms with Crippen LogP contribution in [0.5, 0.6) is 0 Å². The molecule has 0 saturated carbocycles. The second-order valence-electron chi connectivity index (χ2n) is 9.50. The molecule has 202 valence electrons. The van der Waals surface area contributed by atoms with Crippen LogP contribution in [0.1, 0.15) is 33.8 Å². The second kappa shape index (κ2) is 12.6. The molecule has 0 aliphatic carbocycles. The van der Waals surface area contributed by atoms with Gasteiger partial charge < -0.3 is 14.6 Å². The summed E-state index contributed by atoms with van der Waals surface area (Å²) in [5.41, 5.74) is 2.55. The first kappa shape index (κ1) is 27.7. The SMILES string of the molecule is CC(Sc1ccc(Cl)cc1)n1cc(C(=O)NCc2ccc(Cl)cc2)c(=O)c2cc(CN3CCOCC3)ccc21. The summed E-state index contributed by atoms with van der Waals surface area (Å²) >= 11 is 13.7. The van der Waals surface area contributed by atoms with Gasteiger partial charge in [0.15, 0.2) is 0 Å². The Morgan fingerprint density at radius 3 is 2.31 bits per heavy atom. The first-order chi connectivity index (χ1) is 18.9. The Balaban J connectivity index is 1.49. The lowest BCUT2D eigenvalue weighted by Gasteiger charge is -2.27. The number of hydrogen-bond acceptors (Lipinski definition) is 5. The van der Waals surface area contributed by atoms with Gasteiger partial charge in [-0.05, 0) is 66.6 Å². The number of halogens is 2. The number of fused-ring (bicyclic) bond motifs is 1. The third-order valence-electron chi connectivity index (χ3n) is 6.73. The minimum atomic E-state index is -0.409. The zero-order valence-electron chi connectivity index (χ0n) is 21.5. The molecular weight excluding hydrogens is 553 g/mol. The number of thioether (sulfide) groups is 1. The zero-order chi connectivity index (χ0) is 27.4. The van der Waals surface area contributed by atoms with Crippen molar-refractivity contribution < 1.29 is 9.53 Å². The van der Waals surface area contributed by atoms with E-state index < -0.39 is 5.91 Å². The molecule has 1 aliphatic heterocycles. The Bertz CT molecular complexity index is 1520. The van der Waals surface area contributed by atoms with Crippen molar-refractivity contribution in [2.24, 2.45) is 0 Å². The average molecular weight is 583 g/mol. The highest BCUT2D eigenvalue weighted by atomic mass is 35.5. The van der Waals surface area contributed by atoms with E-state index in [1.807, 2.05) is 53.1 Å². The highest BCUT2D eigenvalue weighted by Gasteiger charge is 2.20. The topological polar surface area (TPSA) is 63.6 Å². The number of benzene rings is 3. The molecule has 39 heavy (non-hydrogen) atoms. The van der Waals surface area contributed by atoms with E-state index in [-0.39, 0.29) is 16.4 Å². The van der Waals surface area contributed by atoms with E-state index in [9.17, 15) is 9.59 Å². The fourth-order valence-corrected chi connectivity index (χ4v) is 5.85. The molecule has 3 aromatic carbocycles. The maximum Gasteiger partial charge on any atom is 0.257 e. The van der Waals surface area contributed by atoms with Gasteiger partial charge in [0.2, 0.25) is 5.43 Å². The molecule has 1 aromatic heterocycles. The first-order valence-corrected chi connectivity index (χ1v) is 14.4. The summed E-state index contributed by atoms with van der Waals surface area (Å²) in [6, 6.07) is 20.9. The number of aromatic nitrogens is 1. The Morgan fingerprint density at radius 1 is 0.974 bits per heavy atom. The maximum absolute atomic E-state index is 13.7. The van der Waals surface area contributed by atoms with Gasteiger partial charge >= 0.3 is 0 Å². The van der Waals surface area contributed by atoms with E-state index in [4.69, 9.17) is 27.9 Å². The van der Waals surface area contributed by atoms with Crippen LogP contribution in [-0.4, -0.2) is 41.7 Å². The van der Waals surface area contributed by atoms with Crippen molar-refractivity contribution in [1.29, 1.82) is 0 Å². The van der Waals surface area contributed by atoms with Crippen molar-refractivity contribution in [3.63, 3.8) is 0 Å². The Labute approximate surface area is 241 Å². The molecule has 0 radical (unpaired) electrons. The second-order valence-corrected chi connectivity index (χ2v) is 11.8. The molecule has 0 spiro atoms. The van der Waals surface area contributed by atoms with Gasteiger partial charge in [-0.15, -0.1) is 11.8 Å². The summed E-state index contributed by atoms with van der Waals surface area (Å²) in [6.45, 7) is 6.19. The van der Waals surface area contributed by atoms with E-state index in [1.54, 1.807) is 30.1 Å². The van der Waals surface area contributed by atoms with Crippen LogP contribution < -0.4 is 10.7 Å². The van der Waals surface area contributed by atoms with Crippen LogP contribution in [0, 0.1) is 0 Å². The molecular formula is C30H29Cl2N3O3S. The Kier molecular flexibility index (Phi) is 8.95. The molecule has 1 unspecified atom stereocenters. The molecule has 5 rings (SSSR count). The van der Waals surface area contributed by atoms with Gasteiger partial charge in [-0.3, -0.25) is 14.5 Å². The first-order valence-electron chi connectivity index (χ1n) is 12.8. The minimum absolute atomic E-state index is 0.0952. The lowest BCUT2D eigenvalue weighted by atomic mass is 10.1. The maximum atomic E-state index is 13.7. The third kappa shape index (κ3) is 6.86. The van der Waals surface area contributed by atoms with Crippen molar-refractivity contribution in [2.75, 3.05) is 26.3 Å². The molecule has 1 saturated heterocycles. The van der Waals surface area contributed by atoms with Crippen molar-refractivity contribution in [3.8, 4) is 0 Å². The number of nitrogens with zero attached hydrogens (tertiary/aromatic N) is 2. The van der Waals surface area contributed by atoms with Crippen LogP contribution in [0.4, 0.5) is 0 Å². The van der Waals surface area contributed by atoms with Crippen LogP contribution in [0.3, 0.4) is 0 Å². The molecule has 2 heterocycles. The van der Waals surface area contributed by atoms with Crippen LogP contribution in [-0.2, 0) is 17.8 Å². The fraction of sp³-hybridized carbons (Fsp3) is 0.267. The van der Waals surface area contributed by atoms with E-state index in [2.05, 4.69) is 23.2 Å². The molecule has 9 heteroatoms. The van der Waals surface area contributed by atoms with E-state index >= 15 is 0 Å². The number of hydrogen-bond donors (Lipinski definition) is 1. The van der Waals surface area contributed by atoms with Gasteiger partial charge in [-0.25, -0.2) is 0 Å². The number of nitrogens with one attached hydrogen (secondary N) is 1. The van der Waals surface area contributed by atoms with Gasteiger partial charge in [0, 0.05) is 52.7 Å². The molecule has 6 nitrogen and oxygen atoms in total. The highest BCUT2D eigenvalue weighted by Crippen LogP contribution is 2.33. The van der Waals surface area contributed by atoms with Gasteiger partial charge in [-0.2, -0.15) is 0 Å². The molecule has 1 N–H and O–H groups in total. The van der Waals surface area contributed by atoms with Crippen molar-refractivity contribution in [3.05, 3.63) is 110 Å². The standard InChI is InChI=1S/C30H29Cl2N3O3S/c1-20(39-25-9-7-24(32)8-10-25)35-19-27(30(37)33-17-21-2-5-23(31)6-3-21)29(36)26-16-22(4-11-28(26)35)18-34-12-14-38-15-13-34/h2-11,16,19-20H,12-15,17-18H2,1H3,(H,33,37). The van der Waals surface area contributed by atoms with E-state index in [0.29, 0.717) is 35.2 Å². The molecule has 1 amide bonds. The van der Waals surface area contributed by atoms with E-state index in [1.165, 1.54) is 0 Å². The molecule has 1 aliphatic rings. The Hall–Kier alpha value is -2.81. The predicted octanol–water partition coefficient (Wildman–Crippen LogP) is 6.38. The van der Waals surface area contributed by atoms with Crippen molar-refractivity contribution >= 4 is 51.8 Å². The smallest absolute Gasteiger partial charge is 0.257 e. The van der Waals surface area contributed by atoms with E-state index in [0.717, 1.165) is 41.2 Å². The monoisotopic (exact) mass is 581 g/mol. The highest BCUT2D eigenvalue weighted by molar-refractivity contribution is 7.99. The predicted molar refractivity (Wildman–Crippen MR) is 159 cm³/mol. The number of rotatable bonds is 8. The van der Waals surface area contributed by atoms with Gasteiger partial charge in [-0.1, -0.05) is 41.4 Å². The number of morpholine rings is 1. The summed E-state index contributed by atoms with van der Waals surface area (Å²) in [5, 5.41) is 4.64. The van der Waals surface area contributed by atoms with Crippen LogP contribution in [0.25, 0.3) is 10.9 Å². The summed E-state index contributed by atoms with van der Waals surface area (Å²) in [7, 11) is 0. The molecule has 1 atom stereocenters. The fourth-order valence-electron chi connectivity index (χ4n) is 4.63. The Morgan fingerprint density at radius 2 is 1.62 bits per heavy atom.